The zero-order valence-corrected chi connectivity index (χ0v) is 12.4. The first-order valence-electron chi connectivity index (χ1n) is 8.20. The lowest BCUT2D eigenvalue weighted by molar-refractivity contribution is 0.0452. The molecule has 1 aromatic heterocycles. The van der Waals surface area contributed by atoms with Crippen LogP contribution in [0.5, 0.6) is 0 Å². The highest BCUT2D eigenvalue weighted by atomic mass is 16.3. The summed E-state index contributed by atoms with van der Waals surface area (Å²) in [5.41, 5.74) is -0.0506. The fourth-order valence-corrected chi connectivity index (χ4v) is 4.02. The molecule has 3 aliphatic carbocycles. The summed E-state index contributed by atoms with van der Waals surface area (Å²) >= 11 is 0. The van der Waals surface area contributed by atoms with Crippen molar-refractivity contribution in [3.8, 4) is 0 Å². The van der Waals surface area contributed by atoms with Gasteiger partial charge in [0.2, 0.25) is 0 Å². The largest absolute Gasteiger partial charge is 0.393 e. The second-order valence-electron chi connectivity index (χ2n) is 7.02. The summed E-state index contributed by atoms with van der Waals surface area (Å²) in [6.07, 6.45) is 5.59. The third-order valence-electron chi connectivity index (χ3n) is 5.34. The van der Waals surface area contributed by atoms with Crippen molar-refractivity contribution in [3.63, 3.8) is 0 Å². The Morgan fingerprint density at radius 3 is 2.55 bits per heavy atom. The molecule has 4 atom stereocenters. The molecule has 0 spiro atoms. The molecule has 6 heteroatoms. The third-order valence-corrected chi connectivity index (χ3v) is 5.34. The maximum atomic E-state index is 12.4. The summed E-state index contributed by atoms with van der Waals surface area (Å²) in [6.45, 7) is 0. The van der Waals surface area contributed by atoms with Crippen molar-refractivity contribution in [2.45, 2.75) is 56.6 Å². The maximum Gasteiger partial charge on any atom is 0.270 e. The molecule has 22 heavy (non-hydrogen) atoms. The van der Waals surface area contributed by atoms with Crippen molar-refractivity contribution in [1.82, 2.24) is 15.3 Å². The zero-order valence-electron chi connectivity index (χ0n) is 12.4. The first-order valence-corrected chi connectivity index (χ1v) is 8.20. The molecule has 1 aromatic rings. The first-order chi connectivity index (χ1) is 10.6. The quantitative estimate of drug-likeness (QED) is 0.774. The second kappa shape index (κ2) is 5.19. The number of aromatic nitrogens is 2. The molecule has 0 aliphatic heterocycles. The van der Waals surface area contributed by atoms with Crippen molar-refractivity contribution in [2.24, 2.45) is 11.8 Å². The smallest absolute Gasteiger partial charge is 0.270 e. The SMILES string of the molecule is O=C(NC1C[C@H]2CC[C@@H](C1)C2O)c1cc(=O)[nH]c(C2CC2)n1. The normalized spacial score (nSPS) is 33.7. The van der Waals surface area contributed by atoms with E-state index in [1.165, 1.54) is 6.07 Å². The minimum absolute atomic E-state index is 0.0823. The minimum atomic E-state index is -0.270. The van der Waals surface area contributed by atoms with E-state index in [1.807, 2.05) is 0 Å². The van der Waals surface area contributed by atoms with Crippen LogP contribution in [-0.4, -0.2) is 33.1 Å². The van der Waals surface area contributed by atoms with Crippen LogP contribution in [0.2, 0.25) is 0 Å². The van der Waals surface area contributed by atoms with Gasteiger partial charge in [0, 0.05) is 18.0 Å². The topological polar surface area (TPSA) is 95.1 Å². The van der Waals surface area contributed by atoms with Crippen molar-refractivity contribution >= 4 is 5.91 Å². The van der Waals surface area contributed by atoms with Gasteiger partial charge in [0.15, 0.2) is 0 Å². The van der Waals surface area contributed by atoms with Gasteiger partial charge in [-0.15, -0.1) is 0 Å². The molecule has 1 heterocycles. The van der Waals surface area contributed by atoms with E-state index in [2.05, 4.69) is 15.3 Å². The van der Waals surface area contributed by atoms with Crippen molar-refractivity contribution in [2.75, 3.05) is 0 Å². The summed E-state index contributed by atoms with van der Waals surface area (Å²) in [5.74, 6) is 1.28. The van der Waals surface area contributed by atoms with Crippen LogP contribution in [0.4, 0.5) is 0 Å². The predicted octanol–water partition coefficient (Wildman–Crippen LogP) is 0.927. The fraction of sp³-hybridized carbons (Fsp3) is 0.688. The van der Waals surface area contributed by atoms with E-state index in [1.54, 1.807) is 0 Å². The number of carbonyl (C=O) groups is 1. The summed E-state index contributed by atoms with van der Waals surface area (Å²) in [5, 5.41) is 13.1. The van der Waals surface area contributed by atoms with Gasteiger partial charge in [-0.3, -0.25) is 9.59 Å². The molecule has 3 fully saturated rings. The Labute approximate surface area is 128 Å². The van der Waals surface area contributed by atoms with Crippen molar-refractivity contribution in [1.29, 1.82) is 0 Å². The number of carbonyl (C=O) groups excluding carboxylic acids is 1. The molecule has 3 aliphatic rings. The molecule has 4 rings (SSSR count). The molecule has 3 saturated carbocycles. The number of aliphatic hydroxyl groups is 1. The van der Waals surface area contributed by atoms with Gasteiger partial charge in [-0.1, -0.05) is 0 Å². The number of nitrogens with one attached hydrogen (secondary N) is 2. The molecular formula is C16H21N3O3. The molecule has 0 saturated heterocycles. The van der Waals surface area contributed by atoms with E-state index in [9.17, 15) is 14.7 Å². The summed E-state index contributed by atoms with van der Waals surface area (Å²) in [7, 11) is 0. The lowest BCUT2D eigenvalue weighted by Crippen LogP contribution is -2.44. The van der Waals surface area contributed by atoms with E-state index >= 15 is 0 Å². The van der Waals surface area contributed by atoms with E-state index in [4.69, 9.17) is 0 Å². The number of rotatable bonds is 3. The lowest BCUT2D eigenvalue weighted by atomic mass is 9.83. The number of aliphatic hydroxyl groups excluding tert-OH is 1. The van der Waals surface area contributed by atoms with Gasteiger partial charge < -0.3 is 15.4 Å². The molecule has 1 amide bonds. The van der Waals surface area contributed by atoms with Crippen molar-refractivity contribution < 1.29 is 9.90 Å². The molecular weight excluding hydrogens is 282 g/mol. The number of fused-ring (bicyclic) bond motifs is 2. The average molecular weight is 303 g/mol. The van der Waals surface area contributed by atoms with Crippen molar-refractivity contribution in [3.05, 3.63) is 27.9 Å². The Kier molecular flexibility index (Phi) is 3.29. The van der Waals surface area contributed by atoms with Gasteiger partial charge in [-0.2, -0.15) is 0 Å². The standard InChI is InChI=1S/C16H21N3O3/c20-13-7-12(18-15(19-13)8-1-2-8)16(22)17-11-5-9-3-4-10(6-11)14(9)21/h7-11,14,21H,1-6H2,(H,17,22)(H,18,19,20)/t9-,10+,11?,14?. The average Bonchev–Trinajstić information content (AvgIpc) is 3.29. The highest BCUT2D eigenvalue weighted by molar-refractivity contribution is 5.92. The Morgan fingerprint density at radius 2 is 1.91 bits per heavy atom. The second-order valence-corrected chi connectivity index (χ2v) is 7.02. The molecule has 118 valence electrons. The Hall–Kier alpha value is -1.69. The van der Waals surface area contributed by atoms with Crippen LogP contribution < -0.4 is 10.9 Å². The van der Waals surface area contributed by atoms with Gasteiger partial charge in [-0.25, -0.2) is 4.98 Å². The van der Waals surface area contributed by atoms with Crippen LogP contribution in [0.25, 0.3) is 0 Å². The van der Waals surface area contributed by atoms with Crippen LogP contribution in [0.1, 0.15) is 60.8 Å². The van der Waals surface area contributed by atoms with E-state index in [0.29, 0.717) is 23.6 Å². The van der Waals surface area contributed by atoms with Gasteiger partial charge in [0.1, 0.15) is 11.5 Å². The summed E-state index contributed by atoms with van der Waals surface area (Å²) in [6, 6.07) is 1.35. The Morgan fingerprint density at radius 1 is 1.23 bits per heavy atom. The molecule has 6 nitrogen and oxygen atoms in total. The van der Waals surface area contributed by atoms with Crippen LogP contribution in [0.3, 0.4) is 0 Å². The monoisotopic (exact) mass is 303 g/mol. The molecule has 0 aromatic carbocycles. The predicted molar refractivity (Wildman–Crippen MR) is 79.5 cm³/mol. The number of hydrogen-bond acceptors (Lipinski definition) is 4. The lowest BCUT2D eigenvalue weighted by Gasteiger charge is -2.32. The molecule has 0 radical (unpaired) electrons. The number of aromatic amines is 1. The summed E-state index contributed by atoms with van der Waals surface area (Å²) < 4.78 is 0. The van der Waals surface area contributed by atoms with E-state index in [0.717, 1.165) is 38.5 Å². The van der Waals surface area contributed by atoms with Gasteiger partial charge in [0.25, 0.3) is 11.5 Å². The molecule has 3 N–H and O–H groups in total. The highest BCUT2D eigenvalue weighted by Crippen LogP contribution is 2.42. The number of H-pyrrole nitrogens is 1. The zero-order chi connectivity index (χ0) is 15.3. The summed E-state index contributed by atoms with van der Waals surface area (Å²) in [4.78, 5) is 31.1. The fourth-order valence-electron chi connectivity index (χ4n) is 4.02. The maximum absolute atomic E-state index is 12.4. The van der Waals surface area contributed by atoms with Gasteiger partial charge >= 0.3 is 0 Å². The van der Waals surface area contributed by atoms with Crippen LogP contribution in [-0.2, 0) is 0 Å². The highest BCUT2D eigenvalue weighted by Gasteiger charge is 2.42. The molecule has 2 unspecified atom stereocenters. The third kappa shape index (κ3) is 2.56. The van der Waals surface area contributed by atoms with Gasteiger partial charge in [-0.05, 0) is 50.4 Å². The Balaban J connectivity index is 1.47. The van der Waals surface area contributed by atoms with Crippen LogP contribution >= 0.6 is 0 Å². The van der Waals surface area contributed by atoms with E-state index in [-0.39, 0.29) is 29.3 Å². The van der Waals surface area contributed by atoms with Crippen LogP contribution in [0.15, 0.2) is 10.9 Å². The molecule has 2 bridgehead atoms. The Bertz CT molecular complexity index is 638. The minimum Gasteiger partial charge on any atom is -0.393 e. The number of hydrogen-bond donors (Lipinski definition) is 3. The van der Waals surface area contributed by atoms with Crippen LogP contribution in [0, 0.1) is 11.8 Å². The first kappa shape index (κ1) is 13.9. The number of amides is 1. The van der Waals surface area contributed by atoms with Gasteiger partial charge in [0.05, 0.1) is 6.10 Å². The van der Waals surface area contributed by atoms with E-state index < -0.39 is 0 Å². The number of nitrogens with zero attached hydrogens (tertiary/aromatic N) is 1.